The summed E-state index contributed by atoms with van der Waals surface area (Å²) in [6.07, 6.45) is -0.816. The first kappa shape index (κ1) is 12.0. The first-order chi connectivity index (χ1) is 7.61. The number of aliphatic hydroxyl groups is 1. The Bertz CT molecular complexity index is 427. The van der Waals surface area contributed by atoms with Crippen LogP contribution in [-0.4, -0.2) is 28.6 Å². The van der Waals surface area contributed by atoms with Crippen LogP contribution in [0.15, 0.2) is 16.7 Å². The first-order valence-electron chi connectivity index (χ1n) is 4.73. The standard InChI is InChI=1S/C10H9BrClNO3/c11-10-5(1-2-9(12)13-10)7-3-6(15)8(4-14)16-7/h1-2,7-8,14H,3-4H2/t7-,8-/m1/s1. The molecule has 0 spiro atoms. The van der Waals surface area contributed by atoms with Crippen molar-refractivity contribution in [3.8, 4) is 0 Å². The van der Waals surface area contributed by atoms with Gasteiger partial charge in [-0.15, -0.1) is 0 Å². The molecule has 1 aromatic heterocycles. The third-order valence-electron chi connectivity index (χ3n) is 2.43. The Morgan fingerprint density at radius 1 is 1.62 bits per heavy atom. The number of aliphatic hydroxyl groups excluding tert-OH is 1. The second kappa shape index (κ2) is 4.79. The normalized spacial score (nSPS) is 25.1. The molecule has 0 radical (unpaired) electrons. The largest absolute Gasteiger partial charge is 0.393 e. The lowest BCUT2D eigenvalue weighted by Gasteiger charge is -2.12. The fraction of sp³-hybridized carbons (Fsp3) is 0.400. The predicted molar refractivity (Wildman–Crippen MR) is 61.3 cm³/mol. The van der Waals surface area contributed by atoms with Gasteiger partial charge in [-0.3, -0.25) is 4.79 Å². The molecule has 0 amide bonds. The van der Waals surface area contributed by atoms with E-state index in [0.29, 0.717) is 9.76 Å². The molecule has 2 heterocycles. The van der Waals surface area contributed by atoms with Gasteiger partial charge in [0, 0.05) is 12.0 Å². The minimum absolute atomic E-state index is 0.0886. The van der Waals surface area contributed by atoms with Gasteiger partial charge in [-0.25, -0.2) is 4.98 Å². The summed E-state index contributed by atoms with van der Waals surface area (Å²) in [4.78, 5) is 15.4. The zero-order valence-corrected chi connectivity index (χ0v) is 10.5. The number of carbonyl (C=O) groups excluding carboxylic acids is 1. The highest BCUT2D eigenvalue weighted by molar-refractivity contribution is 9.10. The Morgan fingerprint density at radius 2 is 2.38 bits per heavy atom. The van der Waals surface area contributed by atoms with E-state index in [4.69, 9.17) is 21.4 Å². The molecule has 1 N–H and O–H groups in total. The molecule has 16 heavy (non-hydrogen) atoms. The van der Waals surface area contributed by atoms with Crippen LogP contribution in [0.4, 0.5) is 0 Å². The van der Waals surface area contributed by atoms with Crippen molar-refractivity contribution in [3.63, 3.8) is 0 Å². The van der Waals surface area contributed by atoms with Gasteiger partial charge in [0.15, 0.2) is 5.78 Å². The lowest BCUT2D eigenvalue weighted by Crippen LogP contribution is -2.19. The molecule has 1 saturated heterocycles. The maximum Gasteiger partial charge on any atom is 0.166 e. The number of carbonyl (C=O) groups is 1. The number of rotatable bonds is 2. The van der Waals surface area contributed by atoms with Crippen molar-refractivity contribution in [2.24, 2.45) is 0 Å². The molecule has 1 fully saturated rings. The smallest absolute Gasteiger partial charge is 0.166 e. The SMILES string of the molecule is O=C1C[C@H](c2ccc(Cl)nc2Br)O[C@@H]1CO. The van der Waals surface area contributed by atoms with Gasteiger partial charge in [-0.1, -0.05) is 17.7 Å². The minimum Gasteiger partial charge on any atom is -0.393 e. The van der Waals surface area contributed by atoms with E-state index in [1.165, 1.54) is 0 Å². The molecule has 4 nitrogen and oxygen atoms in total. The second-order valence-corrected chi connectivity index (χ2v) is 4.62. The maximum absolute atomic E-state index is 11.4. The average molecular weight is 307 g/mol. The highest BCUT2D eigenvalue weighted by Gasteiger charge is 2.34. The van der Waals surface area contributed by atoms with Gasteiger partial charge in [-0.05, 0) is 22.0 Å². The van der Waals surface area contributed by atoms with E-state index in [1.54, 1.807) is 12.1 Å². The monoisotopic (exact) mass is 305 g/mol. The topological polar surface area (TPSA) is 59.4 Å². The highest BCUT2D eigenvalue weighted by Crippen LogP contribution is 2.34. The van der Waals surface area contributed by atoms with Crippen LogP contribution < -0.4 is 0 Å². The number of hydrogen-bond donors (Lipinski definition) is 1. The minimum atomic E-state index is -0.715. The number of pyridine rings is 1. The molecule has 0 bridgehead atoms. The van der Waals surface area contributed by atoms with Crippen LogP contribution in [0.1, 0.15) is 18.1 Å². The molecular weight excluding hydrogens is 297 g/mol. The number of ketones is 1. The van der Waals surface area contributed by atoms with Crippen LogP contribution in [0, 0.1) is 0 Å². The van der Waals surface area contributed by atoms with E-state index in [2.05, 4.69) is 20.9 Å². The number of nitrogens with zero attached hydrogens (tertiary/aromatic N) is 1. The number of aromatic nitrogens is 1. The van der Waals surface area contributed by atoms with Crippen LogP contribution in [0.25, 0.3) is 0 Å². The van der Waals surface area contributed by atoms with Crippen LogP contribution >= 0.6 is 27.5 Å². The van der Waals surface area contributed by atoms with E-state index < -0.39 is 6.10 Å². The Kier molecular flexibility index (Phi) is 3.59. The number of Topliss-reactive ketones (excluding diaryl/α,β-unsaturated/α-hetero) is 1. The molecule has 0 aromatic carbocycles. The van der Waals surface area contributed by atoms with Crippen LogP contribution in [0.3, 0.4) is 0 Å². The number of ether oxygens (including phenoxy) is 1. The van der Waals surface area contributed by atoms with Crippen molar-refractivity contribution >= 4 is 33.3 Å². The van der Waals surface area contributed by atoms with Crippen molar-refractivity contribution in [2.75, 3.05) is 6.61 Å². The van der Waals surface area contributed by atoms with Crippen LogP contribution in [-0.2, 0) is 9.53 Å². The van der Waals surface area contributed by atoms with E-state index in [1.807, 2.05) is 0 Å². The second-order valence-electron chi connectivity index (χ2n) is 3.48. The summed E-state index contributed by atoms with van der Waals surface area (Å²) in [6.45, 7) is -0.284. The molecule has 2 atom stereocenters. The summed E-state index contributed by atoms with van der Waals surface area (Å²) < 4.78 is 5.98. The quantitative estimate of drug-likeness (QED) is 0.848. The van der Waals surface area contributed by atoms with Crippen molar-refractivity contribution in [1.29, 1.82) is 0 Å². The van der Waals surface area contributed by atoms with Crippen molar-refractivity contribution in [3.05, 3.63) is 27.5 Å². The Morgan fingerprint density at radius 3 is 2.94 bits per heavy atom. The molecule has 1 aliphatic rings. The first-order valence-corrected chi connectivity index (χ1v) is 5.90. The van der Waals surface area contributed by atoms with Crippen molar-refractivity contribution in [1.82, 2.24) is 4.98 Å². The van der Waals surface area contributed by atoms with Gasteiger partial charge in [-0.2, -0.15) is 0 Å². The zero-order valence-electron chi connectivity index (χ0n) is 8.19. The Hall–Kier alpha value is -0.490. The summed E-state index contributed by atoms with van der Waals surface area (Å²) in [7, 11) is 0. The lowest BCUT2D eigenvalue weighted by molar-refractivity contribution is -0.124. The zero-order chi connectivity index (χ0) is 11.7. The van der Waals surface area contributed by atoms with E-state index in [9.17, 15) is 4.79 Å². The van der Waals surface area contributed by atoms with Crippen molar-refractivity contribution < 1.29 is 14.6 Å². The molecule has 1 aromatic rings. The van der Waals surface area contributed by atoms with E-state index >= 15 is 0 Å². The van der Waals surface area contributed by atoms with Gasteiger partial charge >= 0.3 is 0 Å². The fourth-order valence-corrected chi connectivity index (χ4v) is 2.46. The van der Waals surface area contributed by atoms with E-state index in [-0.39, 0.29) is 24.9 Å². The summed E-state index contributed by atoms with van der Waals surface area (Å²) in [5.41, 5.74) is 0.772. The van der Waals surface area contributed by atoms with Crippen molar-refractivity contribution in [2.45, 2.75) is 18.6 Å². The molecule has 86 valence electrons. The van der Waals surface area contributed by atoms with Crippen LogP contribution in [0.2, 0.25) is 5.15 Å². The Labute approximate surface area is 106 Å². The summed E-state index contributed by atoms with van der Waals surface area (Å²) >= 11 is 8.99. The molecule has 0 saturated carbocycles. The van der Waals surface area contributed by atoms with Gasteiger partial charge < -0.3 is 9.84 Å². The lowest BCUT2D eigenvalue weighted by atomic mass is 10.1. The van der Waals surface area contributed by atoms with Gasteiger partial charge in [0.1, 0.15) is 15.9 Å². The third kappa shape index (κ3) is 2.27. The fourth-order valence-electron chi connectivity index (χ4n) is 1.63. The number of halogens is 2. The van der Waals surface area contributed by atoms with Gasteiger partial charge in [0.05, 0.1) is 12.7 Å². The molecule has 0 unspecified atom stereocenters. The molecular formula is C10H9BrClNO3. The molecule has 6 heteroatoms. The van der Waals surface area contributed by atoms with Gasteiger partial charge in [0.2, 0.25) is 0 Å². The Balaban J connectivity index is 2.23. The van der Waals surface area contributed by atoms with E-state index in [0.717, 1.165) is 5.56 Å². The maximum atomic E-state index is 11.4. The summed E-state index contributed by atoms with van der Waals surface area (Å²) in [5.74, 6) is -0.0886. The molecule has 0 aliphatic carbocycles. The third-order valence-corrected chi connectivity index (χ3v) is 3.28. The highest BCUT2D eigenvalue weighted by atomic mass is 79.9. The summed E-state index contributed by atoms with van der Waals surface area (Å²) in [5, 5.41) is 9.29. The van der Waals surface area contributed by atoms with Gasteiger partial charge in [0.25, 0.3) is 0 Å². The molecule has 1 aliphatic heterocycles. The molecule has 2 rings (SSSR count). The number of hydrogen-bond acceptors (Lipinski definition) is 4. The summed E-state index contributed by atoms with van der Waals surface area (Å²) in [6, 6.07) is 3.40. The van der Waals surface area contributed by atoms with Crippen LogP contribution in [0.5, 0.6) is 0 Å². The predicted octanol–water partition coefficient (Wildman–Crippen LogP) is 1.89. The average Bonchev–Trinajstić information content (AvgIpc) is 2.59.